The number of nitrogens with zero attached hydrogens (tertiary/aromatic N) is 1. The highest BCUT2D eigenvalue weighted by molar-refractivity contribution is 7.10. The molecule has 0 amide bonds. The van der Waals surface area contributed by atoms with E-state index in [2.05, 4.69) is 9.69 Å². The van der Waals surface area contributed by atoms with E-state index in [4.69, 9.17) is 25.8 Å². The summed E-state index contributed by atoms with van der Waals surface area (Å²) in [6.07, 6.45) is 0. The van der Waals surface area contributed by atoms with Gasteiger partial charge in [0.25, 0.3) is 0 Å². The van der Waals surface area contributed by atoms with Gasteiger partial charge in [-0.15, -0.1) is 0 Å². The smallest absolute Gasteiger partial charge is 0.343 e. The summed E-state index contributed by atoms with van der Waals surface area (Å²) in [5.74, 6) is 0.240. The molecule has 3 rings (SSSR count). The van der Waals surface area contributed by atoms with E-state index in [1.807, 2.05) is 0 Å². The first kappa shape index (κ1) is 16.0. The second-order valence-corrected chi connectivity index (χ2v) is 6.17. The molecule has 1 N–H and O–H groups in total. The summed E-state index contributed by atoms with van der Waals surface area (Å²) in [5, 5.41) is 4.18. The molecular weight excluding hydrogens is 340 g/mol. The number of nitrogens with one attached hydrogen (secondary N) is 1. The normalized spacial score (nSPS) is 13.2. The SMILES string of the molecule is CNc1snc(C)c1C(=O)OCc1cc(Cl)cc2c1OCOC2. The molecule has 1 aromatic carbocycles. The van der Waals surface area contributed by atoms with Crippen molar-refractivity contribution in [1.29, 1.82) is 0 Å². The van der Waals surface area contributed by atoms with Crippen molar-refractivity contribution in [1.82, 2.24) is 4.37 Å². The number of anilines is 1. The summed E-state index contributed by atoms with van der Waals surface area (Å²) in [7, 11) is 1.74. The van der Waals surface area contributed by atoms with Gasteiger partial charge in [-0.1, -0.05) is 11.6 Å². The number of esters is 1. The van der Waals surface area contributed by atoms with Gasteiger partial charge in [-0.3, -0.25) is 0 Å². The van der Waals surface area contributed by atoms with Gasteiger partial charge < -0.3 is 19.5 Å². The third kappa shape index (κ3) is 3.26. The zero-order valence-electron chi connectivity index (χ0n) is 12.6. The Balaban J connectivity index is 1.79. The van der Waals surface area contributed by atoms with Crippen molar-refractivity contribution in [3.8, 4) is 5.75 Å². The number of fused-ring (bicyclic) bond motifs is 1. The van der Waals surface area contributed by atoms with Crippen LogP contribution in [0.2, 0.25) is 5.02 Å². The lowest BCUT2D eigenvalue weighted by Gasteiger charge is -2.21. The summed E-state index contributed by atoms with van der Waals surface area (Å²) in [6.45, 7) is 2.44. The number of halogens is 1. The van der Waals surface area contributed by atoms with Gasteiger partial charge in [0.05, 0.1) is 12.3 Å². The fraction of sp³-hybridized carbons (Fsp3) is 0.333. The lowest BCUT2D eigenvalue weighted by Crippen LogP contribution is -2.14. The fourth-order valence-electron chi connectivity index (χ4n) is 2.36. The van der Waals surface area contributed by atoms with E-state index in [1.165, 1.54) is 11.5 Å². The summed E-state index contributed by atoms with van der Waals surface area (Å²) in [6, 6.07) is 3.52. The standard InChI is InChI=1S/C15H15ClN2O4S/c1-8-12(14(17-2)23-18-8)15(19)21-6-10-4-11(16)3-9-5-20-7-22-13(9)10/h3-4,17H,5-7H2,1-2H3. The molecule has 0 unspecified atom stereocenters. The number of aromatic nitrogens is 1. The van der Waals surface area contributed by atoms with Crippen molar-refractivity contribution >= 4 is 34.1 Å². The van der Waals surface area contributed by atoms with Crippen molar-refractivity contribution in [2.45, 2.75) is 20.1 Å². The Hall–Kier alpha value is -1.83. The van der Waals surface area contributed by atoms with Crippen LogP contribution < -0.4 is 10.1 Å². The van der Waals surface area contributed by atoms with Crippen LogP contribution in [0.3, 0.4) is 0 Å². The van der Waals surface area contributed by atoms with Gasteiger partial charge in [0, 0.05) is 23.2 Å². The number of benzene rings is 1. The molecule has 0 saturated heterocycles. The van der Waals surface area contributed by atoms with Crippen LogP contribution in [0.15, 0.2) is 12.1 Å². The largest absolute Gasteiger partial charge is 0.467 e. The minimum Gasteiger partial charge on any atom is -0.467 e. The Morgan fingerprint density at radius 2 is 2.35 bits per heavy atom. The molecule has 6 nitrogen and oxygen atoms in total. The lowest BCUT2D eigenvalue weighted by atomic mass is 10.1. The second-order valence-electron chi connectivity index (χ2n) is 4.96. The Morgan fingerprint density at radius 3 is 3.13 bits per heavy atom. The van der Waals surface area contributed by atoms with Gasteiger partial charge in [0.15, 0.2) is 6.79 Å². The van der Waals surface area contributed by atoms with Gasteiger partial charge in [-0.05, 0) is 30.6 Å². The van der Waals surface area contributed by atoms with Crippen molar-refractivity contribution in [2.24, 2.45) is 0 Å². The zero-order valence-corrected chi connectivity index (χ0v) is 14.2. The first-order valence-corrected chi connectivity index (χ1v) is 8.08. The van der Waals surface area contributed by atoms with E-state index in [1.54, 1.807) is 26.1 Å². The maximum atomic E-state index is 12.3. The van der Waals surface area contributed by atoms with E-state index < -0.39 is 5.97 Å². The van der Waals surface area contributed by atoms with Gasteiger partial charge >= 0.3 is 5.97 Å². The number of carbonyl (C=O) groups excluding carboxylic acids is 1. The van der Waals surface area contributed by atoms with Gasteiger partial charge in [0.2, 0.25) is 0 Å². The quantitative estimate of drug-likeness (QED) is 0.849. The third-order valence-corrected chi connectivity index (χ3v) is 4.58. The molecule has 23 heavy (non-hydrogen) atoms. The number of hydrogen-bond donors (Lipinski definition) is 1. The molecule has 1 aromatic heterocycles. The molecule has 0 atom stereocenters. The highest BCUT2D eigenvalue weighted by atomic mass is 35.5. The van der Waals surface area contributed by atoms with Crippen LogP contribution in [0, 0.1) is 6.92 Å². The van der Waals surface area contributed by atoms with Crippen LogP contribution in [0.25, 0.3) is 0 Å². The maximum absolute atomic E-state index is 12.3. The predicted molar refractivity (Wildman–Crippen MR) is 87.3 cm³/mol. The van der Waals surface area contributed by atoms with Crippen molar-refractivity contribution in [3.63, 3.8) is 0 Å². The van der Waals surface area contributed by atoms with Gasteiger partial charge in [-0.2, -0.15) is 4.37 Å². The highest BCUT2D eigenvalue weighted by Crippen LogP contribution is 2.32. The highest BCUT2D eigenvalue weighted by Gasteiger charge is 2.21. The molecule has 1 aliphatic heterocycles. The Morgan fingerprint density at radius 1 is 1.52 bits per heavy atom. The summed E-state index contributed by atoms with van der Waals surface area (Å²) >= 11 is 7.33. The predicted octanol–water partition coefficient (Wildman–Crippen LogP) is 3.37. The van der Waals surface area contributed by atoms with E-state index >= 15 is 0 Å². The molecule has 0 bridgehead atoms. The molecule has 8 heteroatoms. The number of rotatable bonds is 4. The molecule has 0 radical (unpaired) electrons. The Labute approximate surface area is 142 Å². The maximum Gasteiger partial charge on any atom is 0.343 e. The lowest BCUT2D eigenvalue weighted by molar-refractivity contribution is -0.0180. The number of aryl methyl sites for hydroxylation is 1. The number of hydrogen-bond acceptors (Lipinski definition) is 7. The van der Waals surface area contributed by atoms with Crippen LogP contribution in [0.5, 0.6) is 5.75 Å². The minimum atomic E-state index is -0.429. The molecule has 0 spiro atoms. The first-order valence-electron chi connectivity index (χ1n) is 6.93. The first-order chi connectivity index (χ1) is 11.1. The van der Waals surface area contributed by atoms with Crippen LogP contribution in [-0.4, -0.2) is 24.2 Å². The monoisotopic (exact) mass is 354 g/mol. The number of ether oxygens (including phenoxy) is 3. The zero-order chi connectivity index (χ0) is 16.4. The Kier molecular flexibility index (Phi) is 4.70. The molecule has 2 heterocycles. The van der Waals surface area contributed by atoms with Gasteiger partial charge in [-0.25, -0.2) is 4.79 Å². The fourth-order valence-corrected chi connectivity index (χ4v) is 3.36. The minimum absolute atomic E-state index is 0.0696. The number of carbonyl (C=O) groups is 1. The average molecular weight is 355 g/mol. The molecule has 122 valence electrons. The van der Waals surface area contributed by atoms with Crippen molar-refractivity contribution in [2.75, 3.05) is 19.2 Å². The third-order valence-electron chi connectivity index (χ3n) is 3.40. The molecule has 1 aliphatic rings. The second kappa shape index (κ2) is 6.74. The van der Waals surface area contributed by atoms with Crippen molar-refractivity contribution < 1.29 is 19.0 Å². The van der Waals surface area contributed by atoms with Crippen LogP contribution in [0.1, 0.15) is 27.2 Å². The molecule has 0 saturated carbocycles. The van der Waals surface area contributed by atoms with E-state index in [-0.39, 0.29) is 13.4 Å². The summed E-state index contributed by atoms with van der Waals surface area (Å²) < 4.78 is 20.3. The van der Waals surface area contributed by atoms with E-state index in [0.29, 0.717) is 33.6 Å². The molecular formula is C15H15ClN2O4S. The van der Waals surface area contributed by atoms with Crippen LogP contribution in [-0.2, 0) is 22.7 Å². The molecule has 0 aliphatic carbocycles. The van der Waals surface area contributed by atoms with Crippen LogP contribution >= 0.6 is 23.1 Å². The van der Waals surface area contributed by atoms with Crippen LogP contribution in [0.4, 0.5) is 5.00 Å². The van der Waals surface area contributed by atoms with E-state index in [0.717, 1.165) is 11.1 Å². The average Bonchev–Trinajstić information content (AvgIpc) is 2.93. The molecule has 0 fully saturated rings. The van der Waals surface area contributed by atoms with Gasteiger partial charge in [0.1, 0.15) is 22.9 Å². The Bertz CT molecular complexity index is 747. The summed E-state index contributed by atoms with van der Waals surface area (Å²) in [5.41, 5.74) is 2.66. The summed E-state index contributed by atoms with van der Waals surface area (Å²) in [4.78, 5) is 12.3. The van der Waals surface area contributed by atoms with E-state index in [9.17, 15) is 4.79 Å². The van der Waals surface area contributed by atoms with Crippen molar-refractivity contribution in [3.05, 3.63) is 39.5 Å². The topological polar surface area (TPSA) is 69.7 Å². The molecule has 2 aromatic rings.